The van der Waals surface area contributed by atoms with Crippen molar-refractivity contribution >= 4 is 29.2 Å². The summed E-state index contributed by atoms with van der Waals surface area (Å²) in [5.41, 5.74) is -0.149. The van der Waals surface area contributed by atoms with E-state index in [9.17, 15) is 22.8 Å². The van der Waals surface area contributed by atoms with Crippen LogP contribution in [-0.4, -0.2) is 16.3 Å². The highest BCUT2D eigenvalue weighted by Crippen LogP contribution is 2.37. The number of esters is 1. The van der Waals surface area contributed by atoms with Crippen LogP contribution in [0.25, 0.3) is 0 Å². The molecule has 0 radical (unpaired) electrons. The second kappa shape index (κ2) is 6.37. The van der Waals surface area contributed by atoms with Gasteiger partial charge in [-0.25, -0.2) is 0 Å². The van der Waals surface area contributed by atoms with Gasteiger partial charge in [-0.1, -0.05) is 12.1 Å². The molecule has 0 unspecified atom stereocenters. The van der Waals surface area contributed by atoms with Crippen LogP contribution >= 0.6 is 11.5 Å². The summed E-state index contributed by atoms with van der Waals surface area (Å²) < 4.78 is 46.7. The van der Waals surface area contributed by atoms with Gasteiger partial charge in [-0.2, -0.15) is 17.5 Å². The second-order valence-corrected chi connectivity index (χ2v) is 5.30. The smallest absolute Gasteiger partial charge is 0.426 e. The van der Waals surface area contributed by atoms with Gasteiger partial charge in [-0.3, -0.25) is 9.59 Å². The first kappa shape index (κ1) is 16.9. The molecule has 5 nitrogen and oxygen atoms in total. The number of anilines is 1. The molecule has 0 saturated heterocycles. The van der Waals surface area contributed by atoms with Gasteiger partial charge < -0.3 is 10.1 Å². The van der Waals surface area contributed by atoms with E-state index < -0.39 is 22.9 Å². The number of aromatic nitrogens is 1. The van der Waals surface area contributed by atoms with Crippen LogP contribution in [0.1, 0.15) is 27.7 Å². The molecule has 0 aliphatic heterocycles. The van der Waals surface area contributed by atoms with Crippen molar-refractivity contribution in [1.82, 2.24) is 4.37 Å². The summed E-state index contributed by atoms with van der Waals surface area (Å²) in [7, 11) is 0. The normalized spacial score (nSPS) is 11.2. The number of hydrogen-bond donors (Lipinski definition) is 1. The van der Waals surface area contributed by atoms with Crippen molar-refractivity contribution in [2.45, 2.75) is 20.0 Å². The minimum absolute atomic E-state index is 0.0152. The van der Waals surface area contributed by atoms with Crippen LogP contribution in [0, 0.1) is 6.92 Å². The van der Waals surface area contributed by atoms with E-state index in [-0.39, 0.29) is 34.2 Å². The highest BCUT2D eigenvalue weighted by Gasteiger charge is 2.36. The quantitative estimate of drug-likeness (QED) is 0.682. The zero-order valence-electron chi connectivity index (χ0n) is 12.0. The Morgan fingerprint density at radius 1 is 1.26 bits per heavy atom. The van der Waals surface area contributed by atoms with Crippen LogP contribution in [0.2, 0.25) is 0 Å². The third-order valence-electron chi connectivity index (χ3n) is 2.80. The number of hydrogen-bond acceptors (Lipinski definition) is 5. The molecule has 23 heavy (non-hydrogen) atoms. The van der Waals surface area contributed by atoms with E-state index in [1.54, 1.807) is 6.07 Å². The molecule has 0 aliphatic carbocycles. The SMILES string of the molecule is CC(=O)Oc1ccccc1C(=O)Nc1nsc(C(F)(F)F)c1C. The fourth-order valence-corrected chi connectivity index (χ4v) is 2.49. The van der Waals surface area contributed by atoms with Crippen molar-refractivity contribution in [3.8, 4) is 5.75 Å². The third-order valence-corrected chi connectivity index (χ3v) is 3.79. The van der Waals surface area contributed by atoms with E-state index in [1.807, 2.05) is 0 Å². The van der Waals surface area contributed by atoms with Crippen LogP contribution < -0.4 is 10.1 Å². The molecule has 1 N–H and O–H groups in total. The van der Waals surface area contributed by atoms with Crippen molar-refractivity contribution in [2.75, 3.05) is 5.32 Å². The predicted molar refractivity (Wildman–Crippen MR) is 77.6 cm³/mol. The van der Waals surface area contributed by atoms with Crippen LogP contribution in [0.5, 0.6) is 5.75 Å². The maximum atomic E-state index is 12.7. The van der Waals surface area contributed by atoms with Gasteiger partial charge in [0.05, 0.1) is 5.56 Å². The van der Waals surface area contributed by atoms with Crippen molar-refractivity contribution in [3.05, 3.63) is 40.3 Å². The van der Waals surface area contributed by atoms with E-state index in [0.29, 0.717) is 0 Å². The molecule has 1 amide bonds. The number of halogens is 3. The summed E-state index contributed by atoms with van der Waals surface area (Å²) >= 11 is 0.260. The van der Waals surface area contributed by atoms with Crippen molar-refractivity contribution in [1.29, 1.82) is 0 Å². The largest absolute Gasteiger partial charge is 0.427 e. The minimum Gasteiger partial charge on any atom is -0.426 e. The fourth-order valence-electron chi connectivity index (χ4n) is 1.79. The molecule has 1 aromatic carbocycles. The van der Waals surface area contributed by atoms with Crippen LogP contribution in [0.3, 0.4) is 0 Å². The van der Waals surface area contributed by atoms with Gasteiger partial charge >= 0.3 is 12.1 Å². The lowest BCUT2D eigenvalue weighted by atomic mass is 10.2. The number of ether oxygens (including phenoxy) is 1. The first-order valence-electron chi connectivity index (χ1n) is 6.32. The average Bonchev–Trinajstić information content (AvgIpc) is 2.80. The molecule has 1 aromatic heterocycles. The Morgan fingerprint density at radius 3 is 2.48 bits per heavy atom. The molecule has 2 aromatic rings. The Labute approximate surface area is 133 Å². The lowest BCUT2D eigenvalue weighted by Gasteiger charge is -2.09. The number of rotatable bonds is 3. The lowest BCUT2D eigenvalue weighted by Crippen LogP contribution is -2.16. The second-order valence-electron chi connectivity index (χ2n) is 4.53. The number of para-hydroxylation sites is 1. The molecular formula is C14H11F3N2O3S. The number of nitrogens with zero attached hydrogens (tertiary/aromatic N) is 1. The highest BCUT2D eigenvalue weighted by molar-refractivity contribution is 7.06. The van der Waals surface area contributed by atoms with E-state index >= 15 is 0 Å². The Hall–Kier alpha value is -2.42. The van der Waals surface area contributed by atoms with Gasteiger partial charge in [0.15, 0.2) is 0 Å². The zero-order valence-corrected chi connectivity index (χ0v) is 12.8. The molecule has 0 aliphatic rings. The summed E-state index contributed by atoms with van der Waals surface area (Å²) in [4.78, 5) is 22.4. The Morgan fingerprint density at radius 2 is 1.91 bits per heavy atom. The van der Waals surface area contributed by atoms with Gasteiger partial charge in [-0.05, 0) is 30.6 Å². The maximum Gasteiger partial charge on any atom is 0.427 e. The number of carbonyl (C=O) groups is 2. The van der Waals surface area contributed by atoms with Gasteiger partial charge in [0, 0.05) is 12.5 Å². The van der Waals surface area contributed by atoms with Crippen LogP contribution in [-0.2, 0) is 11.0 Å². The van der Waals surface area contributed by atoms with Crippen molar-refractivity contribution in [2.24, 2.45) is 0 Å². The first-order valence-corrected chi connectivity index (χ1v) is 7.09. The minimum atomic E-state index is -4.53. The van der Waals surface area contributed by atoms with E-state index in [2.05, 4.69) is 9.69 Å². The van der Waals surface area contributed by atoms with Gasteiger partial charge in [-0.15, -0.1) is 0 Å². The van der Waals surface area contributed by atoms with Crippen LogP contribution in [0.15, 0.2) is 24.3 Å². The molecule has 122 valence electrons. The summed E-state index contributed by atoms with van der Waals surface area (Å²) in [6.45, 7) is 2.40. The maximum absolute atomic E-state index is 12.7. The van der Waals surface area contributed by atoms with E-state index in [0.717, 1.165) is 0 Å². The summed E-state index contributed by atoms with van der Waals surface area (Å²) in [6.07, 6.45) is -4.53. The molecule has 0 saturated carbocycles. The van der Waals surface area contributed by atoms with E-state index in [4.69, 9.17) is 4.74 Å². The van der Waals surface area contributed by atoms with E-state index in [1.165, 1.54) is 32.0 Å². The molecule has 0 spiro atoms. The summed E-state index contributed by atoms with van der Waals surface area (Å²) in [6, 6.07) is 5.90. The number of alkyl halides is 3. The van der Waals surface area contributed by atoms with Crippen molar-refractivity contribution < 1.29 is 27.5 Å². The molecule has 0 bridgehead atoms. The summed E-state index contributed by atoms with van der Waals surface area (Å²) in [5.74, 6) is -1.50. The first-order chi connectivity index (χ1) is 10.7. The molecule has 9 heteroatoms. The Balaban J connectivity index is 2.27. The molecule has 2 rings (SSSR count). The molecular weight excluding hydrogens is 333 g/mol. The lowest BCUT2D eigenvalue weighted by molar-refractivity contribution is -0.135. The third kappa shape index (κ3) is 3.86. The molecule has 0 fully saturated rings. The number of benzene rings is 1. The van der Waals surface area contributed by atoms with Crippen molar-refractivity contribution in [3.63, 3.8) is 0 Å². The zero-order chi connectivity index (χ0) is 17.2. The average molecular weight is 344 g/mol. The fraction of sp³-hybridized carbons (Fsp3) is 0.214. The standard InChI is InChI=1S/C14H11F3N2O3S/c1-7-11(14(15,16)17)23-19-12(7)18-13(21)9-5-3-4-6-10(9)22-8(2)20/h3-6H,1-2H3,(H,18,19,21). The van der Waals surface area contributed by atoms with Gasteiger partial charge in [0.25, 0.3) is 5.91 Å². The number of amides is 1. The topological polar surface area (TPSA) is 68.3 Å². The summed E-state index contributed by atoms with van der Waals surface area (Å²) in [5, 5.41) is 2.30. The molecule has 1 heterocycles. The molecule has 0 atom stereocenters. The monoisotopic (exact) mass is 344 g/mol. The Bertz CT molecular complexity index is 756. The Kier molecular flexibility index (Phi) is 4.69. The van der Waals surface area contributed by atoms with Crippen LogP contribution in [0.4, 0.5) is 19.0 Å². The predicted octanol–water partition coefficient (Wildman–Crippen LogP) is 3.65. The number of carbonyl (C=O) groups excluding carboxylic acids is 2. The van der Waals surface area contributed by atoms with Gasteiger partial charge in [0.2, 0.25) is 0 Å². The number of nitrogens with one attached hydrogen (secondary N) is 1. The van der Waals surface area contributed by atoms with Gasteiger partial charge in [0.1, 0.15) is 16.4 Å². The highest BCUT2D eigenvalue weighted by atomic mass is 32.1.